The molecule has 0 fully saturated rings. The molecular formula is C23H20ClN3O2. The van der Waals surface area contributed by atoms with Gasteiger partial charge in [0.2, 0.25) is 0 Å². The molecule has 0 spiro atoms. The lowest BCUT2D eigenvalue weighted by molar-refractivity contribution is 0.0935. The Kier molecular flexibility index (Phi) is 5.23. The zero-order chi connectivity index (χ0) is 20.4. The van der Waals surface area contributed by atoms with E-state index in [2.05, 4.69) is 15.6 Å². The third kappa shape index (κ3) is 4.10. The van der Waals surface area contributed by atoms with Gasteiger partial charge in [-0.3, -0.25) is 4.79 Å². The summed E-state index contributed by atoms with van der Waals surface area (Å²) in [4.78, 5) is 17.4. The molecule has 2 aromatic carbocycles. The Morgan fingerprint density at radius 3 is 2.66 bits per heavy atom. The van der Waals surface area contributed by atoms with Gasteiger partial charge in [-0.25, -0.2) is 4.98 Å². The molecule has 0 unspecified atom stereocenters. The summed E-state index contributed by atoms with van der Waals surface area (Å²) in [5.74, 6) is 0.262. The molecule has 0 aliphatic rings. The standard InChI is InChI=1S/C23H20ClN3O2/c1-14-8-9-17(12-19(14)24)26-22-18-10-11-29-21(18)13-20(27-22)23(28)25-15(2)16-6-4-3-5-7-16/h3-13,15H,1-2H3,(H,25,28)(H,26,27)/t15-/m0/s1. The number of hydrogen-bond donors (Lipinski definition) is 2. The maximum atomic E-state index is 12.8. The van der Waals surface area contributed by atoms with E-state index >= 15 is 0 Å². The van der Waals surface area contributed by atoms with Gasteiger partial charge in [0, 0.05) is 16.8 Å². The predicted octanol–water partition coefficient (Wildman–Crippen LogP) is 6.02. The van der Waals surface area contributed by atoms with Gasteiger partial charge < -0.3 is 15.1 Å². The molecule has 0 aliphatic heterocycles. The van der Waals surface area contributed by atoms with Crippen molar-refractivity contribution in [3.63, 3.8) is 0 Å². The summed E-state index contributed by atoms with van der Waals surface area (Å²) in [6.45, 7) is 3.88. The number of furan rings is 1. The Balaban J connectivity index is 1.63. The lowest BCUT2D eigenvalue weighted by Gasteiger charge is -2.15. The molecule has 1 atom stereocenters. The maximum Gasteiger partial charge on any atom is 0.270 e. The minimum absolute atomic E-state index is 0.148. The Hall–Kier alpha value is -3.31. The van der Waals surface area contributed by atoms with E-state index in [4.69, 9.17) is 16.0 Å². The summed E-state index contributed by atoms with van der Waals surface area (Å²) in [5.41, 5.74) is 3.65. The zero-order valence-corrected chi connectivity index (χ0v) is 16.8. The first-order valence-electron chi connectivity index (χ1n) is 9.28. The number of rotatable bonds is 5. The van der Waals surface area contributed by atoms with Gasteiger partial charge in [0.1, 0.15) is 17.1 Å². The van der Waals surface area contributed by atoms with E-state index in [1.54, 1.807) is 12.3 Å². The van der Waals surface area contributed by atoms with Gasteiger partial charge in [0.05, 0.1) is 17.7 Å². The van der Waals surface area contributed by atoms with Gasteiger partial charge in [-0.1, -0.05) is 48.0 Å². The van der Waals surface area contributed by atoms with Crippen LogP contribution in [0.1, 0.15) is 34.6 Å². The van der Waals surface area contributed by atoms with E-state index in [0.717, 1.165) is 22.2 Å². The third-order valence-electron chi connectivity index (χ3n) is 4.76. The number of hydrogen-bond acceptors (Lipinski definition) is 4. The van der Waals surface area contributed by atoms with E-state index in [0.29, 0.717) is 16.4 Å². The summed E-state index contributed by atoms with van der Waals surface area (Å²) >= 11 is 6.23. The minimum Gasteiger partial charge on any atom is -0.464 e. The lowest BCUT2D eigenvalue weighted by atomic mass is 10.1. The molecule has 2 N–H and O–H groups in total. The summed E-state index contributed by atoms with van der Waals surface area (Å²) < 4.78 is 5.53. The fraction of sp³-hybridized carbons (Fsp3) is 0.130. The van der Waals surface area contributed by atoms with Gasteiger partial charge in [-0.2, -0.15) is 0 Å². The summed E-state index contributed by atoms with van der Waals surface area (Å²) in [5, 5.41) is 7.67. The first kappa shape index (κ1) is 19.0. The Bertz CT molecular complexity index is 1170. The average molecular weight is 406 g/mol. The molecule has 146 valence electrons. The van der Waals surface area contributed by atoms with E-state index in [9.17, 15) is 4.79 Å². The van der Waals surface area contributed by atoms with Crippen LogP contribution < -0.4 is 10.6 Å². The normalized spacial score (nSPS) is 12.0. The van der Waals surface area contributed by atoms with Crippen LogP contribution in [-0.4, -0.2) is 10.9 Å². The molecular weight excluding hydrogens is 386 g/mol. The van der Waals surface area contributed by atoms with Crippen molar-refractivity contribution in [1.29, 1.82) is 0 Å². The number of carbonyl (C=O) groups excluding carboxylic acids is 1. The number of nitrogens with zero attached hydrogens (tertiary/aromatic N) is 1. The number of aromatic nitrogens is 1. The van der Waals surface area contributed by atoms with E-state index in [1.165, 1.54) is 0 Å². The molecule has 0 saturated heterocycles. The number of anilines is 2. The molecule has 0 saturated carbocycles. The summed E-state index contributed by atoms with van der Waals surface area (Å²) in [6.07, 6.45) is 1.58. The monoisotopic (exact) mass is 405 g/mol. The van der Waals surface area contributed by atoms with Crippen molar-refractivity contribution >= 4 is 40.0 Å². The van der Waals surface area contributed by atoms with Crippen LogP contribution in [0, 0.1) is 6.92 Å². The zero-order valence-electron chi connectivity index (χ0n) is 16.1. The van der Waals surface area contributed by atoms with E-state index in [1.807, 2.05) is 68.4 Å². The highest BCUT2D eigenvalue weighted by Crippen LogP contribution is 2.28. The maximum absolute atomic E-state index is 12.8. The smallest absolute Gasteiger partial charge is 0.270 e. The van der Waals surface area contributed by atoms with Gasteiger partial charge >= 0.3 is 0 Å². The fourth-order valence-electron chi connectivity index (χ4n) is 3.08. The van der Waals surface area contributed by atoms with Crippen molar-refractivity contribution in [2.24, 2.45) is 0 Å². The topological polar surface area (TPSA) is 67.2 Å². The van der Waals surface area contributed by atoms with Crippen molar-refractivity contribution in [3.05, 3.63) is 88.8 Å². The van der Waals surface area contributed by atoms with Crippen molar-refractivity contribution in [1.82, 2.24) is 10.3 Å². The van der Waals surface area contributed by atoms with Crippen molar-refractivity contribution in [3.8, 4) is 0 Å². The van der Waals surface area contributed by atoms with Crippen LogP contribution in [0.2, 0.25) is 5.02 Å². The van der Waals surface area contributed by atoms with Crippen LogP contribution in [0.25, 0.3) is 11.0 Å². The van der Waals surface area contributed by atoms with Gasteiger partial charge in [-0.15, -0.1) is 0 Å². The quantitative estimate of drug-likeness (QED) is 0.425. The van der Waals surface area contributed by atoms with Crippen LogP contribution in [-0.2, 0) is 0 Å². The largest absolute Gasteiger partial charge is 0.464 e. The number of aryl methyl sites for hydroxylation is 1. The first-order valence-corrected chi connectivity index (χ1v) is 9.66. The van der Waals surface area contributed by atoms with Crippen LogP contribution in [0.3, 0.4) is 0 Å². The number of fused-ring (bicyclic) bond motifs is 1. The molecule has 0 bridgehead atoms. The second-order valence-corrected chi connectivity index (χ2v) is 7.29. The average Bonchev–Trinajstić information content (AvgIpc) is 3.20. The molecule has 4 aromatic rings. The molecule has 0 radical (unpaired) electrons. The van der Waals surface area contributed by atoms with Gasteiger partial charge in [0.25, 0.3) is 5.91 Å². The predicted molar refractivity (Wildman–Crippen MR) is 116 cm³/mol. The minimum atomic E-state index is -0.273. The molecule has 29 heavy (non-hydrogen) atoms. The van der Waals surface area contributed by atoms with Gasteiger partial charge in [0.15, 0.2) is 0 Å². The second kappa shape index (κ2) is 7.97. The fourth-order valence-corrected chi connectivity index (χ4v) is 3.26. The van der Waals surface area contributed by atoms with E-state index < -0.39 is 0 Å². The molecule has 6 heteroatoms. The summed E-state index contributed by atoms with van der Waals surface area (Å²) in [7, 11) is 0. The Morgan fingerprint density at radius 1 is 1.10 bits per heavy atom. The highest BCUT2D eigenvalue weighted by atomic mass is 35.5. The lowest BCUT2D eigenvalue weighted by Crippen LogP contribution is -2.27. The number of nitrogens with one attached hydrogen (secondary N) is 2. The Labute approximate surface area is 173 Å². The van der Waals surface area contributed by atoms with Crippen LogP contribution in [0.5, 0.6) is 0 Å². The molecule has 1 amide bonds. The molecule has 2 aromatic heterocycles. The SMILES string of the molecule is Cc1ccc(Nc2nc(C(=O)N[C@@H](C)c3ccccc3)cc3occc23)cc1Cl. The van der Waals surface area contributed by atoms with E-state index in [-0.39, 0.29) is 17.6 Å². The highest BCUT2D eigenvalue weighted by molar-refractivity contribution is 6.31. The summed E-state index contributed by atoms with van der Waals surface area (Å²) in [6, 6.07) is 18.8. The molecule has 2 heterocycles. The van der Waals surface area contributed by atoms with Crippen molar-refractivity contribution in [2.45, 2.75) is 19.9 Å². The Morgan fingerprint density at radius 2 is 1.90 bits per heavy atom. The number of benzene rings is 2. The van der Waals surface area contributed by atoms with Crippen molar-refractivity contribution in [2.75, 3.05) is 5.32 Å². The number of carbonyl (C=O) groups is 1. The first-order chi connectivity index (χ1) is 14.0. The van der Waals surface area contributed by atoms with Crippen LogP contribution in [0.15, 0.2) is 71.3 Å². The number of halogens is 1. The molecule has 0 aliphatic carbocycles. The third-order valence-corrected chi connectivity index (χ3v) is 5.17. The van der Waals surface area contributed by atoms with Crippen molar-refractivity contribution < 1.29 is 9.21 Å². The highest BCUT2D eigenvalue weighted by Gasteiger charge is 2.17. The van der Waals surface area contributed by atoms with Gasteiger partial charge in [-0.05, 0) is 43.2 Å². The van der Waals surface area contributed by atoms with Crippen LogP contribution >= 0.6 is 11.6 Å². The van der Waals surface area contributed by atoms with Crippen LogP contribution in [0.4, 0.5) is 11.5 Å². The second-order valence-electron chi connectivity index (χ2n) is 6.88. The number of pyridine rings is 1. The number of amides is 1. The molecule has 5 nitrogen and oxygen atoms in total. The molecule has 4 rings (SSSR count).